The van der Waals surface area contributed by atoms with Crippen molar-refractivity contribution in [1.29, 1.82) is 0 Å². The maximum atomic E-state index is 13.2. The zero-order valence-corrected chi connectivity index (χ0v) is 10.4. The molecule has 0 aliphatic carbocycles. The molecule has 0 spiro atoms. The first-order chi connectivity index (χ1) is 8.17. The molecule has 6 heteroatoms. The third kappa shape index (κ3) is 4.52. The van der Waals surface area contributed by atoms with Crippen molar-refractivity contribution in [3.05, 3.63) is 12.0 Å². The molecule has 0 bridgehead atoms. The van der Waals surface area contributed by atoms with Gasteiger partial charge in [0.15, 0.2) is 11.6 Å². The van der Waals surface area contributed by atoms with Crippen LogP contribution in [0.5, 0.6) is 0 Å². The molecule has 0 unspecified atom stereocenters. The van der Waals surface area contributed by atoms with Crippen LogP contribution in [0.4, 0.5) is 16.2 Å². The molecule has 17 heavy (non-hydrogen) atoms. The van der Waals surface area contributed by atoms with Gasteiger partial charge in [0.05, 0.1) is 6.20 Å². The summed E-state index contributed by atoms with van der Waals surface area (Å²) in [6.07, 6.45) is 2.01. The number of nitrogens with two attached hydrogens (primary N) is 1. The van der Waals surface area contributed by atoms with Gasteiger partial charge in [0.1, 0.15) is 0 Å². The van der Waals surface area contributed by atoms with E-state index in [9.17, 15) is 4.39 Å². The van der Waals surface area contributed by atoms with Gasteiger partial charge >= 0.3 is 0 Å². The summed E-state index contributed by atoms with van der Waals surface area (Å²) in [5.41, 5.74) is 5.39. The molecule has 1 heterocycles. The van der Waals surface area contributed by atoms with Crippen LogP contribution in [-0.2, 0) is 0 Å². The van der Waals surface area contributed by atoms with E-state index in [0.717, 1.165) is 32.3 Å². The lowest BCUT2D eigenvalue weighted by Crippen LogP contribution is -2.25. The molecular weight excluding hydrogens is 221 g/mol. The number of aromatic nitrogens is 2. The number of hydrogen-bond acceptors (Lipinski definition) is 5. The highest BCUT2D eigenvalue weighted by Crippen LogP contribution is 2.09. The van der Waals surface area contributed by atoms with Gasteiger partial charge in [0.2, 0.25) is 5.95 Å². The lowest BCUT2D eigenvalue weighted by molar-refractivity contribution is 0.303. The summed E-state index contributed by atoms with van der Waals surface area (Å²) in [7, 11) is 0. The fourth-order valence-electron chi connectivity index (χ4n) is 1.55. The standard InChI is InChI=1S/C11H20FN5/c1-3-17(4-2)7-5-6-14-10-9(12)8-15-11(13)16-10/h8H,3-7H2,1-2H3,(H3,13,14,15,16). The third-order valence-electron chi connectivity index (χ3n) is 2.60. The van der Waals surface area contributed by atoms with Crippen molar-refractivity contribution >= 4 is 11.8 Å². The molecule has 0 aliphatic heterocycles. The van der Waals surface area contributed by atoms with E-state index in [0.29, 0.717) is 6.54 Å². The zero-order valence-electron chi connectivity index (χ0n) is 10.4. The van der Waals surface area contributed by atoms with Gasteiger partial charge in [-0.3, -0.25) is 0 Å². The van der Waals surface area contributed by atoms with Gasteiger partial charge in [-0.15, -0.1) is 0 Å². The minimum absolute atomic E-state index is 0.0812. The van der Waals surface area contributed by atoms with E-state index in [4.69, 9.17) is 5.73 Å². The van der Waals surface area contributed by atoms with Gasteiger partial charge in [-0.05, 0) is 26.1 Å². The highest BCUT2D eigenvalue weighted by molar-refractivity contribution is 5.38. The fourth-order valence-corrected chi connectivity index (χ4v) is 1.55. The van der Waals surface area contributed by atoms with Crippen LogP contribution in [0.1, 0.15) is 20.3 Å². The second kappa shape index (κ2) is 7.01. The van der Waals surface area contributed by atoms with Gasteiger partial charge in [0.25, 0.3) is 0 Å². The van der Waals surface area contributed by atoms with Crippen LogP contribution in [0.15, 0.2) is 6.20 Å². The number of hydrogen-bond donors (Lipinski definition) is 2. The normalized spacial score (nSPS) is 10.8. The van der Waals surface area contributed by atoms with Crippen LogP contribution in [0.3, 0.4) is 0 Å². The van der Waals surface area contributed by atoms with Crippen molar-refractivity contribution in [1.82, 2.24) is 14.9 Å². The van der Waals surface area contributed by atoms with E-state index in [1.165, 1.54) is 0 Å². The summed E-state index contributed by atoms with van der Waals surface area (Å²) in [6, 6.07) is 0. The highest BCUT2D eigenvalue weighted by Gasteiger charge is 2.04. The molecule has 0 saturated heterocycles. The molecule has 1 rings (SSSR count). The van der Waals surface area contributed by atoms with Crippen molar-refractivity contribution in [3.63, 3.8) is 0 Å². The molecule has 0 atom stereocenters. The quantitative estimate of drug-likeness (QED) is 0.705. The number of nitrogen functional groups attached to an aromatic ring is 1. The highest BCUT2D eigenvalue weighted by atomic mass is 19.1. The molecule has 1 aromatic rings. The Hall–Kier alpha value is -1.43. The van der Waals surface area contributed by atoms with E-state index < -0.39 is 5.82 Å². The third-order valence-corrected chi connectivity index (χ3v) is 2.60. The molecule has 0 fully saturated rings. The Balaban J connectivity index is 2.33. The van der Waals surface area contributed by atoms with Gasteiger partial charge in [-0.2, -0.15) is 4.98 Å². The minimum Gasteiger partial charge on any atom is -0.368 e. The lowest BCUT2D eigenvalue weighted by Gasteiger charge is -2.17. The molecule has 0 aliphatic rings. The summed E-state index contributed by atoms with van der Waals surface area (Å²) in [5.74, 6) is -0.211. The average Bonchev–Trinajstić information content (AvgIpc) is 2.33. The predicted molar refractivity (Wildman–Crippen MR) is 67.3 cm³/mol. The fraction of sp³-hybridized carbons (Fsp3) is 0.636. The van der Waals surface area contributed by atoms with Gasteiger partial charge in [0, 0.05) is 6.54 Å². The van der Waals surface area contributed by atoms with E-state index in [2.05, 4.69) is 34.0 Å². The number of nitrogens with zero attached hydrogens (tertiary/aromatic N) is 3. The van der Waals surface area contributed by atoms with Crippen LogP contribution in [0.2, 0.25) is 0 Å². The largest absolute Gasteiger partial charge is 0.368 e. The first kappa shape index (κ1) is 13.6. The number of nitrogens with one attached hydrogen (secondary N) is 1. The van der Waals surface area contributed by atoms with Crippen LogP contribution in [0, 0.1) is 5.82 Å². The van der Waals surface area contributed by atoms with Gasteiger partial charge in [-0.1, -0.05) is 13.8 Å². The molecule has 3 N–H and O–H groups in total. The van der Waals surface area contributed by atoms with Crippen molar-refractivity contribution in [2.24, 2.45) is 0 Å². The Morgan fingerprint density at radius 2 is 2.12 bits per heavy atom. The Labute approximate surface area is 101 Å². The minimum atomic E-state index is -0.470. The molecule has 1 aromatic heterocycles. The molecule has 0 saturated carbocycles. The molecule has 5 nitrogen and oxygen atoms in total. The summed E-state index contributed by atoms with van der Waals surface area (Å²) in [6.45, 7) is 7.98. The van der Waals surface area contributed by atoms with Crippen molar-refractivity contribution < 1.29 is 4.39 Å². The Kier molecular flexibility index (Phi) is 5.62. The average molecular weight is 241 g/mol. The first-order valence-electron chi connectivity index (χ1n) is 5.91. The first-order valence-corrected chi connectivity index (χ1v) is 5.91. The SMILES string of the molecule is CCN(CC)CCCNc1nc(N)ncc1F. The van der Waals surface area contributed by atoms with E-state index in [-0.39, 0.29) is 11.8 Å². The number of halogens is 1. The monoisotopic (exact) mass is 241 g/mol. The van der Waals surface area contributed by atoms with E-state index in [1.54, 1.807) is 0 Å². The van der Waals surface area contributed by atoms with Gasteiger partial charge < -0.3 is 16.0 Å². The summed E-state index contributed by atoms with van der Waals surface area (Å²) >= 11 is 0. The van der Waals surface area contributed by atoms with Crippen LogP contribution >= 0.6 is 0 Å². The molecule has 0 aromatic carbocycles. The second-order valence-corrected chi connectivity index (χ2v) is 3.73. The maximum Gasteiger partial charge on any atom is 0.222 e. The molecular formula is C11H20FN5. The molecule has 96 valence electrons. The van der Waals surface area contributed by atoms with Crippen LogP contribution in [0.25, 0.3) is 0 Å². The summed E-state index contributed by atoms with van der Waals surface area (Å²) < 4.78 is 13.2. The van der Waals surface area contributed by atoms with Crippen molar-refractivity contribution in [2.45, 2.75) is 20.3 Å². The maximum absolute atomic E-state index is 13.2. The van der Waals surface area contributed by atoms with E-state index in [1.807, 2.05) is 0 Å². The van der Waals surface area contributed by atoms with E-state index >= 15 is 0 Å². The second-order valence-electron chi connectivity index (χ2n) is 3.73. The molecule has 0 radical (unpaired) electrons. The Morgan fingerprint density at radius 3 is 2.76 bits per heavy atom. The van der Waals surface area contributed by atoms with Crippen LogP contribution < -0.4 is 11.1 Å². The number of rotatable bonds is 7. The molecule has 0 amide bonds. The van der Waals surface area contributed by atoms with Crippen LogP contribution in [-0.4, -0.2) is 41.0 Å². The zero-order chi connectivity index (χ0) is 12.7. The Bertz CT molecular complexity index is 341. The summed E-state index contributed by atoms with van der Waals surface area (Å²) in [5, 5.41) is 2.92. The topological polar surface area (TPSA) is 67.1 Å². The van der Waals surface area contributed by atoms with Crippen molar-refractivity contribution in [3.8, 4) is 0 Å². The van der Waals surface area contributed by atoms with Crippen molar-refractivity contribution in [2.75, 3.05) is 37.2 Å². The van der Waals surface area contributed by atoms with Gasteiger partial charge in [-0.25, -0.2) is 9.37 Å². The predicted octanol–water partition coefficient (Wildman–Crippen LogP) is 1.34. The lowest BCUT2D eigenvalue weighted by atomic mass is 10.3. The smallest absolute Gasteiger partial charge is 0.222 e. The Morgan fingerprint density at radius 1 is 1.41 bits per heavy atom. The number of anilines is 2. The summed E-state index contributed by atoms with van der Waals surface area (Å²) in [4.78, 5) is 9.67.